The molecule has 0 spiro atoms. The summed E-state index contributed by atoms with van der Waals surface area (Å²) in [6, 6.07) is 8.75. The fraction of sp³-hybridized carbons (Fsp3) is 0.500. The van der Waals surface area contributed by atoms with Gasteiger partial charge in [-0.05, 0) is 55.8 Å². The van der Waals surface area contributed by atoms with Gasteiger partial charge in [0.05, 0.1) is 31.2 Å². The van der Waals surface area contributed by atoms with Gasteiger partial charge in [0.15, 0.2) is 0 Å². The summed E-state index contributed by atoms with van der Waals surface area (Å²) in [5, 5.41) is 21.0. The first-order valence-corrected chi connectivity index (χ1v) is 13.6. The van der Waals surface area contributed by atoms with Gasteiger partial charge >= 0.3 is 12.1 Å². The number of aliphatic hydroxyl groups is 1. The Hall–Kier alpha value is -3.44. The number of alkyl carbamates (subject to hydrolysis) is 1. The second kappa shape index (κ2) is 14.6. The predicted octanol–water partition coefficient (Wildman–Crippen LogP) is 3.18. The van der Waals surface area contributed by atoms with Crippen LogP contribution in [-0.2, 0) is 32.0 Å². The van der Waals surface area contributed by atoms with E-state index in [1.807, 2.05) is 17.5 Å². The Bertz CT molecular complexity index is 1100. The zero-order chi connectivity index (χ0) is 29.2. The molecule has 11 heteroatoms. The van der Waals surface area contributed by atoms with Crippen LogP contribution in [0.15, 0.2) is 41.8 Å². The van der Waals surface area contributed by atoms with E-state index < -0.39 is 41.8 Å². The van der Waals surface area contributed by atoms with E-state index in [4.69, 9.17) is 4.74 Å². The molecule has 0 aliphatic heterocycles. The Labute approximate surface area is 233 Å². The van der Waals surface area contributed by atoms with Gasteiger partial charge in [-0.3, -0.25) is 9.59 Å². The van der Waals surface area contributed by atoms with Gasteiger partial charge in [-0.25, -0.2) is 9.59 Å². The van der Waals surface area contributed by atoms with Gasteiger partial charge in [0.25, 0.3) is 0 Å². The number of nitrogens with one attached hydrogen (secondary N) is 3. The summed E-state index contributed by atoms with van der Waals surface area (Å²) < 4.78 is 10.0. The number of thiophene rings is 1. The average Bonchev–Trinajstić information content (AvgIpc) is 3.37. The Kier molecular flexibility index (Phi) is 11.9. The quantitative estimate of drug-likeness (QED) is 0.292. The van der Waals surface area contributed by atoms with Crippen LogP contribution in [0.2, 0.25) is 0 Å². The van der Waals surface area contributed by atoms with Gasteiger partial charge in [0, 0.05) is 17.8 Å². The largest absolute Gasteiger partial charge is 0.465 e. The third kappa shape index (κ3) is 11.1. The smallest absolute Gasteiger partial charge is 0.407 e. The molecule has 0 fully saturated rings. The topological polar surface area (TPSA) is 143 Å². The van der Waals surface area contributed by atoms with E-state index in [1.165, 1.54) is 18.4 Å². The molecule has 1 heterocycles. The number of ether oxygens (including phenoxy) is 2. The van der Waals surface area contributed by atoms with Crippen LogP contribution in [0, 0.1) is 5.92 Å². The molecule has 1 aromatic carbocycles. The van der Waals surface area contributed by atoms with Crippen molar-refractivity contribution < 1.29 is 33.8 Å². The second-order valence-electron chi connectivity index (χ2n) is 10.5. The van der Waals surface area contributed by atoms with E-state index in [0.717, 1.165) is 10.4 Å². The first-order valence-electron chi connectivity index (χ1n) is 12.7. The van der Waals surface area contributed by atoms with Crippen molar-refractivity contribution in [3.05, 3.63) is 57.8 Å². The lowest BCUT2D eigenvalue weighted by atomic mass is 10.0. The average molecular weight is 562 g/mol. The molecule has 2 rings (SSSR count). The monoisotopic (exact) mass is 561 g/mol. The van der Waals surface area contributed by atoms with Crippen LogP contribution in [0.3, 0.4) is 0 Å². The van der Waals surface area contributed by atoms with Gasteiger partial charge < -0.3 is 30.5 Å². The summed E-state index contributed by atoms with van der Waals surface area (Å²) in [5.41, 5.74) is 0.447. The maximum atomic E-state index is 12.9. The Morgan fingerprint density at radius 2 is 1.69 bits per heavy atom. The molecule has 3 atom stereocenters. The van der Waals surface area contributed by atoms with Crippen molar-refractivity contribution in [2.24, 2.45) is 5.92 Å². The summed E-state index contributed by atoms with van der Waals surface area (Å²) in [4.78, 5) is 50.6. The fourth-order valence-corrected chi connectivity index (χ4v) is 4.43. The van der Waals surface area contributed by atoms with Gasteiger partial charge in [0.2, 0.25) is 11.8 Å². The number of carbonyl (C=O) groups excluding carboxylic acids is 4. The van der Waals surface area contributed by atoms with Crippen molar-refractivity contribution in [3.63, 3.8) is 0 Å². The molecule has 0 aliphatic rings. The Morgan fingerprint density at radius 1 is 1.03 bits per heavy atom. The SMILES string of the molecule is COC(=O)c1ccc(CNC(=O)C(NC(=O)CC(O)C(Cc2cccs2)NC(=O)OC(C)(C)C)C(C)C)cc1. The highest BCUT2D eigenvalue weighted by molar-refractivity contribution is 7.09. The van der Waals surface area contributed by atoms with E-state index in [-0.39, 0.29) is 24.8 Å². The molecule has 0 bridgehead atoms. The molecule has 0 saturated heterocycles. The van der Waals surface area contributed by atoms with Crippen LogP contribution in [0.25, 0.3) is 0 Å². The van der Waals surface area contributed by atoms with Crippen LogP contribution in [-0.4, -0.2) is 59.9 Å². The molecule has 3 amide bonds. The van der Waals surface area contributed by atoms with Gasteiger partial charge in [-0.1, -0.05) is 32.0 Å². The van der Waals surface area contributed by atoms with Crippen molar-refractivity contribution in [2.75, 3.05) is 7.11 Å². The van der Waals surface area contributed by atoms with E-state index in [1.54, 1.807) is 58.9 Å². The lowest BCUT2D eigenvalue weighted by molar-refractivity contribution is -0.131. The van der Waals surface area contributed by atoms with Crippen LogP contribution in [0.1, 0.15) is 61.8 Å². The molecule has 2 aromatic rings. The summed E-state index contributed by atoms with van der Waals surface area (Å²) in [5.74, 6) is -1.59. The minimum absolute atomic E-state index is 0.199. The molecule has 4 N–H and O–H groups in total. The van der Waals surface area contributed by atoms with Crippen molar-refractivity contribution in [1.29, 1.82) is 0 Å². The molecule has 0 aliphatic carbocycles. The number of methoxy groups -OCH3 is 1. The lowest BCUT2D eigenvalue weighted by Crippen LogP contribution is -2.52. The molecule has 1 aromatic heterocycles. The highest BCUT2D eigenvalue weighted by Crippen LogP contribution is 2.16. The third-order valence-corrected chi connectivity index (χ3v) is 6.57. The standard InChI is InChI=1S/C28H39N3O7S/c1-17(2)24(25(34)29-16-18-9-11-19(12-10-18)26(35)37-6)31-23(33)15-22(32)21(14-20-8-7-13-39-20)30-27(36)38-28(3,4)5/h7-13,17,21-22,24,32H,14-16H2,1-6H3,(H,29,34)(H,30,36)(H,31,33). The molecular formula is C28H39N3O7S. The highest BCUT2D eigenvalue weighted by Gasteiger charge is 2.29. The maximum Gasteiger partial charge on any atom is 0.407 e. The minimum atomic E-state index is -1.22. The van der Waals surface area contributed by atoms with E-state index in [9.17, 15) is 24.3 Å². The number of hydrogen-bond acceptors (Lipinski definition) is 8. The second-order valence-corrected chi connectivity index (χ2v) is 11.5. The fourth-order valence-electron chi connectivity index (χ4n) is 3.66. The molecule has 214 valence electrons. The van der Waals surface area contributed by atoms with Crippen molar-refractivity contribution in [2.45, 2.75) is 77.8 Å². The number of benzene rings is 1. The molecule has 0 saturated carbocycles. The molecule has 10 nitrogen and oxygen atoms in total. The van der Waals surface area contributed by atoms with Crippen molar-refractivity contribution >= 4 is 35.2 Å². The number of aliphatic hydroxyl groups excluding tert-OH is 1. The number of esters is 1. The van der Waals surface area contributed by atoms with Crippen LogP contribution >= 0.6 is 11.3 Å². The van der Waals surface area contributed by atoms with Crippen LogP contribution in [0.4, 0.5) is 4.79 Å². The van der Waals surface area contributed by atoms with Crippen LogP contribution < -0.4 is 16.0 Å². The predicted molar refractivity (Wildman–Crippen MR) is 148 cm³/mol. The lowest BCUT2D eigenvalue weighted by Gasteiger charge is -2.27. The normalized spacial score (nSPS) is 13.6. The molecule has 39 heavy (non-hydrogen) atoms. The van der Waals surface area contributed by atoms with E-state index in [0.29, 0.717) is 12.0 Å². The van der Waals surface area contributed by atoms with Crippen molar-refractivity contribution in [3.8, 4) is 0 Å². The number of hydrogen-bond donors (Lipinski definition) is 4. The summed E-state index contributed by atoms with van der Waals surface area (Å²) in [7, 11) is 1.30. The summed E-state index contributed by atoms with van der Waals surface area (Å²) in [6.07, 6.45) is -1.92. The molecule has 3 unspecified atom stereocenters. The third-order valence-electron chi connectivity index (χ3n) is 5.67. The number of carbonyl (C=O) groups is 4. The number of amides is 3. The summed E-state index contributed by atoms with van der Waals surface area (Å²) >= 11 is 1.47. The number of rotatable bonds is 12. The van der Waals surface area contributed by atoms with Crippen LogP contribution in [0.5, 0.6) is 0 Å². The van der Waals surface area contributed by atoms with Crippen molar-refractivity contribution in [1.82, 2.24) is 16.0 Å². The minimum Gasteiger partial charge on any atom is -0.465 e. The van der Waals surface area contributed by atoms with Gasteiger partial charge in [-0.2, -0.15) is 0 Å². The van der Waals surface area contributed by atoms with E-state index >= 15 is 0 Å². The van der Waals surface area contributed by atoms with E-state index in [2.05, 4.69) is 20.7 Å². The maximum absolute atomic E-state index is 12.9. The highest BCUT2D eigenvalue weighted by atomic mass is 32.1. The Balaban J connectivity index is 1.99. The summed E-state index contributed by atoms with van der Waals surface area (Å²) in [6.45, 7) is 9.01. The Morgan fingerprint density at radius 3 is 2.23 bits per heavy atom. The molecular weight excluding hydrogens is 522 g/mol. The zero-order valence-electron chi connectivity index (χ0n) is 23.3. The van der Waals surface area contributed by atoms with Gasteiger partial charge in [-0.15, -0.1) is 11.3 Å². The zero-order valence-corrected chi connectivity index (χ0v) is 24.1. The first kappa shape index (κ1) is 31.8. The first-order chi connectivity index (χ1) is 18.3. The van der Waals surface area contributed by atoms with Gasteiger partial charge in [0.1, 0.15) is 11.6 Å². The molecule has 0 radical (unpaired) electrons.